The van der Waals surface area contributed by atoms with E-state index in [1.807, 2.05) is 24.3 Å². The second-order valence-corrected chi connectivity index (χ2v) is 3.62. The van der Waals surface area contributed by atoms with Gasteiger partial charge in [0.15, 0.2) is 0 Å². The first-order valence-electron chi connectivity index (χ1n) is 5.55. The summed E-state index contributed by atoms with van der Waals surface area (Å²) in [7, 11) is 1.60. The first-order chi connectivity index (χ1) is 8.38. The van der Waals surface area contributed by atoms with E-state index >= 15 is 0 Å². The van der Waals surface area contributed by atoms with Crippen LogP contribution in [0.5, 0.6) is 11.6 Å². The molecule has 1 aromatic heterocycles. The minimum atomic E-state index is 0.598. The maximum absolute atomic E-state index is 5.59. The summed E-state index contributed by atoms with van der Waals surface area (Å²) >= 11 is 0. The molecule has 0 atom stereocenters. The zero-order valence-corrected chi connectivity index (χ0v) is 9.80. The van der Waals surface area contributed by atoms with Crippen molar-refractivity contribution in [2.24, 2.45) is 0 Å². The Kier molecular flexibility index (Phi) is 3.97. The third kappa shape index (κ3) is 3.48. The first-order valence-corrected chi connectivity index (χ1v) is 5.55. The summed E-state index contributed by atoms with van der Waals surface area (Å²) < 4.78 is 10.6. The van der Waals surface area contributed by atoms with Crippen LogP contribution in [0.2, 0.25) is 0 Å². The molecule has 0 saturated carbocycles. The standard InChI is InChI=1S/C14H15NO2/c1-16-14-8-7-13(11-15-14)17-10-9-12-5-3-2-4-6-12/h2-8,11H,9-10H2,1H3. The molecule has 0 spiro atoms. The summed E-state index contributed by atoms with van der Waals surface area (Å²) in [6.07, 6.45) is 2.57. The van der Waals surface area contributed by atoms with Gasteiger partial charge in [0.05, 0.1) is 19.9 Å². The molecule has 2 rings (SSSR count). The molecule has 0 amide bonds. The zero-order valence-electron chi connectivity index (χ0n) is 9.80. The second-order valence-electron chi connectivity index (χ2n) is 3.62. The van der Waals surface area contributed by atoms with Crippen LogP contribution < -0.4 is 9.47 Å². The third-order valence-electron chi connectivity index (χ3n) is 2.42. The van der Waals surface area contributed by atoms with Gasteiger partial charge in [0.1, 0.15) is 5.75 Å². The summed E-state index contributed by atoms with van der Waals surface area (Å²) in [6.45, 7) is 0.651. The number of ether oxygens (including phenoxy) is 2. The minimum absolute atomic E-state index is 0.598. The van der Waals surface area contributed by atoms with Gasteiger partial charge in [0.25, 0.3) is 0 Å². The fourth-order valence-corrected chi connectivity index (χ4v) is 1.50. The van der Waals surface area contributed by atoms with Crippen LogP contribution in [0.4, 0.5) is 0 Å². The van der Waals surface area contributed by atoms with E-state index in [2.05, 4.69) is 17.1 Å². The maximum Gasteiger partial charge on any atom is 0.213 e. The smallest absolute Gasteiger partial charge is 0.213 e. The van der Waals surface area contributed by atoms with Crippen molar-refractivity contribution in [2.75, 3.05) is 13.7 Å². The van der Waals surface area contributed by atoms with Crippen LogP contribution in [0, 0.1) is 0 Å². The molecule has 0 aliphatic heterocycles. The molecule has 0 radical (unpaired) electrons. The van der Waals surface area contributed by atoms with Gasteiger partial charge in [-0.2, -0.15) is 0 Å². The van der Waals surface area contributed by atoms with Crippen LogP contribution in [0.25, 0.3) is 0 Å². The highest BCUT2D eigenvalue weighted by molar-refractivity contribution is 5.23. The zero-order chi connectivity index (χ0) is 11.9. The molecule has 3 nitrogen and oxygen atoms in total. The van der Waals surface area contributed by atoms with E-state index in [4.69, 9.17) is 9.47 Å². The number of hydrogen-bond acceptors (Lipinski definition) is 3. The average Bonchev–Trinajstić information content (AvgIpc) is 2.41. The molecule has 0 aliphatic rings. The number of benzene rings is 1. The fourth-order valence-electron chi connectivity index (χ4n) is 1.50. The van der Waals surface area contributed by atoms with E-state index < -0.39 is 0 Å². The van der Waals surface area contributed by atoms with E-state index in [1.54, 1.807) is 19.4 Å². The van der Waals surface area contributed by atoms with E-state index in [0.717, 1.165) is 12.2 Å². The molecule has 0 aliphatic carbocycles. The Labute approximate surface area is 101 Å². The summed E-state index contributed by atoms with van der Waals surface area (Å²) in [5.41, 5.74) is 1.27. The Morgan fingerprint density at radius 2 is 1.88 bits per heavy atom. The van der Waals surface area contributed by atoms with Gasteiger partial charge in [-0.3, -0.25) is 0 Å². The van der Waals surface area contributed by atoms with Gasteiger partial charge >= 0.3 is 0 Å². The Balaban J connectivity index is 1.82. The molecular formula is C14H15NO2. The van der Waals surface area contributed by atoms with Gasteiger partial charge < -0.3 is 9.47 Å². The lowest BCUT2D eigenvalue weighted by atomic mass is 10.2. The van der Waals surface area contributed by atoms with Gasteiger partial charge in [-0.1, -0.05) is 30.3 Å². The molecule has 88 valence electrons. The molecule has 1 heterocycles. The highest BCUT2D eigenvalue weighted by Gasteiger charge is 1.97. The van der Waals surface area contributed by atoms with Crippen LogP contribution in [0.1, 0.15) is 5.56 Å². The normalized spacial score (nSPS) is 9.94. The van der Waals surface area contributed by atoms with Gasteiger partial charge in [-0.05, 0) is 11.6 Å². The lowest BCUT2D eigenvalue weighted by molar-refractivity contribution is 0.318. The van der Waals surface area contributed by atoms with Crippen molar-refractivity contribution in [1.82, 2.24) is 4.98 Å². The predicted molar refractivity (Wildman–Crippen MR) is 66.4 cm³/mol. The highest BCUT2D eigenvalue weighted by atomic mass is 16.5. The highest BCUT2D eigenvalue weighted by Crippen LogP contribution is 2.13. The number of hydrogen-bond donors (Lipinski definition) is 0. The van der Waals surface area contributed by atoms with E-state index in [0.29, 0.717) is 12.5 Å². The maximum atomic E-state index is 5.59. The van der Waals surface area contributed by atoms with E-state index in [-0.39, 0.29) is 0 Å². The van der Waals surface area contributed by atoms with Crippen LogP contribution in [0.3, 0.4) is 0 Å². The molecule has 2 aromatic rings. The Morgan fingerprint density at radius 3 is 2.53 bits per heavy atom. The minimum Gasteiger partial charge on any atom is -0.492 e. The lowest BCUT2D eigenvalue weighted by Gasteiger charge is -2.06. The third-order valence-corrected chi connectivity index (χ3v) is 2.42. The fraction of sp³-hybridized carbons (Fsp3) is 0.214. The molecule has 0 unspecified atom stereocenters. The number of methoxy groups -OCH3 is 1. The van der Waals surface area contributed by atoms with Crippen molar-refractivity contribution in [2.45, 2.75) is 6.42 Å². The number of rotatable bonds is 5. The Bertz CT molecular complexity index is 440. The van der Waals surface area contributed by atoms with Gasteiger partial charge in [-0.15, -0.1) is 0 Å². The second kappa shape index (κ2) is 5.89. The Hall–Kier alpha value is -2.03. The predicted octanol–water partition coefficient (Wildman–Crippen LogP) is 2.71. The summed E-state index contributed by atoms with van der Waals surface area (Å²) in [4.78, 5) is 4.08. The lowest BCUT2D eigenvalue weighted by Crippen LogP contribution is -2.01. The van der Waals surface area contributed by atoms with Crippen molar-refractivity contribution < 1.29 is 9.47 Å². The van der Waals surface area contributed by atoms with E-state index in [1.165, 1.54) is 5.56 Å². The topological polar surface area (TPSA) is 31.4 Å². The van der Waals surface area contributed by atoms with Gasteiger partial charge in [-0.25, -0.2) is 4.98 Å². The molecular weight excluding hydrogens is 214 g/mol. The van der Waals surface area contributed by atoms with Crippen molar-refractivity contribution in [3.8, 4) is 11.6 Å². The number of nitrogens with zero attached hydrogens (tertiary/aromatic N) is 1. The van der Waals surface area contributed by atoms with Gasteiger partial charge in [0, 0.05) is 12.5 Å². The SMILES string of the molecule is COc1ccc(OCCc2ccccc2)cn1. The van der Waals surface area contributed by atoms with Crippen molar-refractivity contribution in [1.29, 1.82) is 0 Å². The summed E-state index contributed by atoms with van der Waals surface area (Å²) in [6, 6.07) is 13.9. The van der Waals surface area contributed by atoms with E-state index in [9.17, 15) is 0 Å². The molecule has 17 heavy (non-hydrogen) atoms. The average molecular weight is 229 g/mol. The first kappa shape index (κ1) is 11.5. The summed E-state index contributed by atoms with van der Waals surface area (Å²) in [5.74, 6) is 1.36. The molecule has 3 heteroatoms. The Morgan fingerprint density at radius 1 is 1.06 bits per heavy atom. The van der Waals surface area contributed by atoms with Crippen LogP contribution >= 0.6 is 0 Å². The largest absolute Gasteiger partial charge is 0.492 e. The van der Waals surface area contributed by atoms with Crippen molar-refractivity contribution in [3.05, 3.63) is 54.2 Å². The van der Waals surface area contributed by atoms with Crippen LogP contribution in [-0.4, -0.2) is 18.7 Å². The van der Waals surface area contributed by atoms with Gasteiger partial charge in [0.2, 0.25) is 5.88 Å². The number of aromatic nitrogens is 1. The summed E-state index contributed by atoms with van der Waals surface area (Å²) in [5, 5.41) is 0. The van der Waals surface area contributed by atoms with Crippen LogP contribution in [0.15, 0.2) is 48.7 Å². The van der Waals surface area contributed by atoms with Crippen molar-refractivity contribution >= 4 is 0 Å². The van der Waals surface area contributed by atoms with Crippen molar-refractivity contribution in [3.63, 3.8) is 0 Å². The molecule has 0 fully saturated rings. The monoisotopic (exact) mass is 229 g/mol. The molecule has 0 saturated heterocycles. The molecule has 0 bridgehead atoms. The molecule has 0 N–H and O–H groups in total. The van der Waals surface area contributed by atoms with Crippen LogP contribution in [-0.2, 0) is 6.42 Å². The quantitative estimate of drug-likeness (QED) is 0.790. The number of pyridine rings is 1. The molecule has 1 aromatic carbocycles.